The van der Waals surface area contributed by atoms with Crippen molar-refractivity contribution in [3.63, 3.8) is 0 Å². The number of hydrogen-bond donors (Lipinski definition) is 1. The number of hydrogen-bond acceptors (Lipinski definition) is 3. The molecule has 0 aliphatic heterocycles. The number of aryl methyl sites for hydroxylation is 1. The minimum Gasteiger partial charge on any atom is -0.477 e. The number of rotatable bonds is 2. The molecule has 0 aliphatic carbocycles. The van der Waals surface area contributed by atoms with E-state index in [1.165, 1.54) is 22.7 Å². The summed E-state index contributed by atoms with van der Waals surface area (Å²) in [7, 11) is 0. The van der Waals surface area contributed by atoms with Crippen molar-refractivity contribution >= 4 is 11.6 Å². The molecule has 5 nitrogen and oxygen atoms in total. The highest BCUT2D eigenvalue weighted by Crippen LogP contribution is 2.20. The number of aromatic nitrogens is 3. The van der Waals surface area contributed by atoms with Gasteiger partial charge in [0.05, 0.1) is 5.69 Å². The summed E-state index contributed by atoms with van der Waals surface area (Å²) in [6, 6.07) is 8.96. The zero-order valence-electron chi connectivity index (χ0n) is 10.5. The Morgan fingerprint density at radius 2 is 1.95 bits per heavy atom. The fourth-order valence-electron chi connectivity index (χ4n) is 2.01. The van der Waals surface area contributed by atoms with Crippen molar-refractivity contribution < 1.29 is 14.3 Å². The molecule has 0 spiro atoms. The highest BCUT2D eigenvalue weighted by Gasteiger charge is 2.14. The van der Waals surface area contributed by atoms with Crippen molar-refractivity contribution in [1.82, 2.24) is 14.6 Å². The molecule has 1 N–H and O–H groups in total. The first-order chi connectivity index (χ1) is 9.54. The van der Waals surface area contributed by atoms with E-state index < -0.39 is 5.97 Å². The second-order valence-electron chi connectivity index (χ2n) is 4.39. The number of carboxylic acids is 1. The number of carboxylic acid groups (broad SMARTS) is 1. The summed E-state index contributed by atoms with van der Waals surface area (Å²) < 4.78 is 14.2. The third-order valence-electron chi connectivity index (χ3n) is 2.91. The number of benzene rings is 1. The van der Waals surface area contributed by atoms with E-state index in [1.54, 1.807) is 25.1 Å². The van der Waals surface area contributed by atoms with E-state index in [-0.39, 0.29) is 11.5 Å². The van der Waals surface area contributed by atoms with E-state index in [1.807, 2.05) is 0 Å². The monoisotopic (exact) mass is 271 g/mol. The summed E-state index contributed by atoms with van der Waals surface area (Å²) in [5, 5.41) is 13.4. The van der Waals surface area contributed by atoms with Gasteiger partial charge in [0.25, 0.3) is 0 Å². The number of fused-ring (bicyclic) bond motifs is 1. The van der Waals surface area contributed by atoms with Crippen LogP contribution in [0, 0.1) is 12.7 Å². The smallest absolute Gasteiger partial charge is 0.354 e. The van der Waals surface area contributed by atoms with Crippen LogP contribution in [0.25, 0.3) is 16.9 Å². The summed E-state index contributed by atoms with van der Waals surface area (Å²) in [4.78, 5) is 15.5. The lowest BCUT2D eigenvalue weighted by Crippen LogP contribution is -2.08. The van der Waals surface area contributed by atoms with Gasteiger partial charge in [0.2, 0.25) is 0 Å². The van der Waals surface area contributed by atoms with Crippen molar-refractivity contribution in [3.05, 3.63) is 53.6 Å². The van der Waals surface area contributed by atoms with Crippen LogP contribution >= 0.6 is 0 Å². The Morgan fingerprint density at radius 3 is 2.60 bits per heavy atom. The predicted molar refractivity (Wildman–Crippen MR) is 70.1 cm³/mol. The van der Waals surface area contributed by atoms with E-state index in [0.717, 1.165) is 0 Å². The lowest BCUT2D eigenvalue weighted by Gasteiger charge is -2.00. The van der Waals surface area contributed by atoms with Crippen molar-refractivity contribution in [2.75, 3.05) is 0 Å². The fraction of sp³-hybridized carbons (Fsp3) is 0.0714. The maximum Gasteiger partial charge on any atom is 0.354 e. The van der Waals surface area contributed by atoms with Crippen LogP contribution in [0.2, 0.25) is 0 Å². The van der Waals surface area contributed by atoms with E-state index >= 15 is 0 Å². The van der Waals surface area contributed by atoms with Crippen molar-refractivity contribution in [2.24, 2.45) is 0 Å². The van der Waals surface area contributed by atoms with Crippen LogP contribution in [0.5, 0.6) is 0 Å². The summed E-state index contributed by atoms with van der Waals surface area (Å²) in [5.74, 6) is -1.41. The van der Waals surface area contributed by atoms with Gasteiger partial charge >= 0.3 is 5.97 Å². The number of aromatic carboxylic acids is 1. The Bertz CT molecular complexity index is 809. The third-order valence-corrected chi connectivity index (χ3v) is 2.91. The molecule has 0 bridgehead atoms. The summed E-state index contributed by atoms with van der Waals surface area (Å²) in [5.41, 5.74) is 2.33. The molecule has 2 heterocycles. The van der Waals surface area contributed by atoms with Gasteiger partial charge in [-0.05, 0) is 37.3 Å². The molecule has 6 heteroatoms. The quantitative estimate of drug-likeness (QED) is 0.777. The molecule has 2 aromatic heterocycles. The largest absolute Gasteiger partial charge is 0.477 e. The molecule has 0 amide bonds. The first-order valence-corrected chi connectivity index (χ1v) is 5.91. The van der Waals surface area contributed by atoms with Gasteiger partial charge in [-0.1, -0.05) is 0 Å². The molecule has 0 unspecified atom stereocenters. The molecule has 1 aromatic carbocycles. The molecule has 100 valence electrons. The van der Waals surface area contributed by atoms with Crippen LogP contribution in [-0.2, 0) is 0 Å². The van der Waals surface area contributed by atoms with Crippen molar-refractivity contribution in [3.8, 4) is 11.3 Å². The van der Waals surface area contributed by atoms with E-state index in [2.05, 4.69) is 10.1 Å². The number of halogens is 1. The first-order valence-electron chi connectivity index (χ1n) is 5.91. The van der Waals surface area contributed by atoms with Crippen molar-refractivity contribution in [2.45, 2.75) is 6.92 Å². The van der Waals surface area contributed by atoms with Crippen molar-refractivity contribution in [1.29, 1.82) is 0 Å². The Labute approximate surface area is 113 Å². The standard InChI is InChI=1S/C14H10FN3O2/c1-8-6-12(14(19)20)18-13(16-8)7-11(17-18)9-2-4-10(15)5-3-9/h2-7H,1H3,(H,19,20). The highest BCUT2D eigenvalue weighted by molar-refractivity contribution is 5.86. The molecule has 0 fully saturated rings. The average Bonchev–Trinajstić information content (AvgIpc) is 2.81. The zero-order chi connectivity index (χ0) is 14.3. The highest BCUT2D eigenvalue weighted by atomic mass is 19.1. The van der Waals surface area contributed by atoms with Crippen LogP contribution in [0.15, 0.2) is 36.4 Å². The maximum atomic E-state index is 12.9. The molecular formula is C14H10FN3O2. The molecule has 3 aromatic rings. The summed E-state index contributed by atoms with van der Waals surface area (Å²) >= 11 is 0. The molecule has 0 saturated carbocycles. The molecule has 3 rings (SSSR count). The van der Waals surface area contributed by atoms with Crippen LogP contribution in [0.4, 0.5) is 4.39 Å². The minimum absolute atomic E-state index is 0.0425. The van der Waals surface area contributed by atoms with Gasteiger partial charge < -0.3 is 5.11 Å². The second kappa shape index (κ2) is 4.41. The van der Waals surface area contributed by atoms with Gasteiger partial charge in [0.15, 0.2) is 11.3 Å². The van der Waals surface area contributed by atoms with Gasteiger partial charge in [0.1, 0.15) is 5.82 Å². The van der Waals surface area contributed by atoms with Crippen LogP contribution in [0.1, 0.15) is 16.2 Å². The first kappa shape index (κ1) is 12.3. The minimum atomic E-state index is -1.07. The van der Waals surface area contributed by atoms with Crippen LogP contribution in [0.3, 0.4) is 0 Å². The zero-order valence-corrected chi connectivity index (χ0v) is 10.5. The van der Waals surface area contributed by atoms with E-state index in [0.29, 0.717) is 22.6 Å². The Hall–Kier alpha value is -2.76. The van der Waals surface area contributed by atoms with E-state index in [9.17, 15) is 14.3 Å². The van der Waals surface area contributed by atoms with Gasteiger partial charge in [-0.3, -0.25) is 0 Å². The Morgan fingerprint density at radius 1 is 1.25 bits per heavy atom. The van der Waals surface area contributed by atoms with Gasteiger partial charge in [-0.15, -0.1) is 0 Å². The third kappa shape index (κ3) is 2.01. The van der Waals surface area contributed by atoms with Gasteiger partial charge in [0, 0.05) is 17.3 Å². The second-order valence-corrected chi connectivity index (χ2v) is 4.39. The lowest BCUT2D eigenvalue weighted by atomic mass is 10.1. The van der Waals surface area contributed by atoms with Crippen LogP contribution in [-0.4, -0.2) is 25.7 Å². The summed E-state index contributed by atoms with van der Waals surface area (Å²) in [6.45, 7) is 1.72. The number of nitrogens with zero attached hydrogens (tertiary/aromatic N) is 3. The lowest BCUT2D eigenvalue weighted by molar-refractivity contribution is 0.0687. The van der Waals surface area contributed by atoms with E-state index in [4.69, 9.17) is 0 Å². The number of carbonyl (C=O) groups is 1. The molecule has 20 heavy (non-hydrogen) atoms. The predicted octanol–water partition coefficient (Wildman–Crippen LogP) is 2.54. The topological polar surface area (TPSA) is 67.5 Å². The average molecular weight is 271 g/mol. The fourth-order valence-corrected chi connectivity index (χ4v) is 2.01. The maximum absolute atomic E-state index is 12.9. The SMILES string of the molecule is Cc1cc(C(=O)O)n2nc(-c3ccc(F)cc3)cc2n1. The molecule has 0 radical (unpaired) electrons. The molecule has 0 atom stereocenters. The summed E-state index contributed by atoms with van der Waals surface area (Å²) in [6.07, 6.45) is 0. The Kier molecular flexibility index (Phi) is 2.71. The van der Waals surface area contributed by atoms with Gasteiger partial charge in [-0.2, -0.15) is 5.10 Å². The normalized spacial score (nSPS) is 10.9. The molecular weight excluding hydrogens is 261 g/mol. The molecule has 0 aliphatic rings. The Balaban J connectivity index is 2.22. The van der Waals surface area contributed by atoms with Crippen LogP contribution < -0.4 is 0 Å². The van der Waals surface area contributed by atoms with Gasteiger partial charge in [-0.25, -0.2) is 18.7 Å². The molecule has 0 saturated heterocycles.